The average Bonchev–Trinajstić information content (AvgIpc) is 2.90. The van der Waals surface area contributed by atoms with E-state index in [2.05, 4.69) is 4.98 Å². The lowest BCUT2D eigenvalue weighted by atomic mass is 10.2. The number of hydrogen-bond acceptors (Lipinski definition) is 6. The van der Waals surface area contributed by atoms with Crippen LogP contribution in [0.2, 0.25) is 0 Å². The molecule has 1 aliphatic heterocycles. The molecule has 1 fully saturated rings. The third-order valence-electron chi connectivity index (χ3n) is 3.77. The monoisotopic (exact) mass is 372 g/mol. The highest BCUT2D eigenvalue weighted by molar-refractivity contribution is 8.00. The van der Waals surface area contributed by atoms with E-state index in [0.29, 0.717) is 18.0 Å². The Hall–Kier alpha value is -2.87. The predicted molar refractivity (Wildman–Crippen MR) is 95.6 cm³/mol. The van der Waals surface area contributed by atoms with Crippen LogP contribution in [-0.4, -0.2) is 39.7 Å². The summed E-state index contributed by atoms with van der Waals surface area (Å²) in [4.78, 5) is 41.7. The van der Waals surface area contributed by atoms with Gasteiger partial charge < -0.3 is 9.84 Å². The minimum absolute atomic E-state index is 0.00548. The highest BCUT2D eigenvalue weighted by atomic mass is 32.2. The average molecular weight is 372 g/mol. The van der Waals surface area contributed by atoms with Crippen molar-refractivity contribution in [1.29, 1.82) is 0 Å². The van der Waals surface area contributed by atoms with Gasteiger partial charge in [0.25, 0.3) is 0 Å². The van der Waals surface area contributed by atoms with Crippen molar-refractivity contribution >= 4 is 35.2 Å². The number of benzene rings is 1. The minimum atomic E-state index is -1.13. The Balaban J connectivity index is 1.88. The smallest absolute Gasteiger partial charge is 0.338 e. The van der Waals surface area contributed by atoms with Gasteiger partial charge in [0.2, 0.25) is 11.8 Å². The maximum atomic E-state index is 12.8. The highest BCUT2D eigenvalue weighted by Crippen LogP contribution is 2.37. The van der Waals surface area contributed by atoms with Crippen molar-refractivity contribution < 1.29 is 24.2 Å². The SMILES string of the molecule is CCOc1ccccc1N1C(=O)CC(Sc2ncccc2C(=O)O)C1=O. The van der Waals surface area contributed by atoms with E-state index in [1.165, 1.54) is 18.3 Å². The molecule has 7 nitrogen and oxygen atoms in total. The van der Waals surface area contributed by atoms with E-state index >= 15 is 0 Å². The molecule has 1 aromatic carbocycles. The highest BCUT2D eigenvalue weighted by Gasteiger charge is 2.42. The fraction of sp³-hybridized carbons (Fsp3) is 0.222. The molecule has 0 bridgehead atoms. The maximum Gasteiger partial charge on any atom is 0.338 e. The molecule has 2 heterocycles. The number of hydrogen-bond donors (Lipinski definition) is 1. The first-order chi connectivity index (χ1) is 12.5. The van der Waals surface area contributed by atoms with Crippen LogP contribution in [-0.2, 0) is 9.59 Å². The first-order valence-corrected chi connectivity index (χ1v) is 8.84. The Morgan fingerprint density at radius 2 is 2.08 bits per heavy atom. The Kier molecular flexibility index (Phi) is 5.22. The van der Waals surface area contributed by atoms with Gasteiger partial charge in [-0.2, -0.15) is 0 Å². The van der Waals surface area contributed by atoms with Crippen LogP contribution in [0.4, 0.5) is 5.69 Å². The fourth-order valence-electron chi connectivity index (χ4n) is 2.65. The van der Waals surface area contributed by atoms with Crippen molar-refractivity contribution in [3.8, 4) is 5.75 Å². The minimum Gasteiger partial charge on any atom is -0.492 e. The summed E-state index contributed by atoms with van der Waals surface area (Å²) < 4.78 is 5.51. The topological polar surface area (TPSA) is 96.8 Å². The van der Waals surface area contributed by atoms with Crippen molar-refractivity contribution in [3.05, 3.63) is 48.2 Å². The van der Waals surface area contributed by atoms with Crippen LogP contribution in [0.1, 0.15) is 23.7 Å². The quantitative estimate of drug-likeness (QED) is 0.779. The molecule has 3 rings (SSSR count). The van der Waals surface area contributed by atoms with Gasteiger partial charge in [0, 0.05) is 12.6 Å². The molecule has 0 spiro atoms. The molecule has 26 heavy (non-hydrogen) atoms. The molecule has 134 valence electrons. The second kappa shape index (κ2) is 7.57. The van der Waals surface area contributed by atoms with Gasteiger partial charge in [0.05, 0.1) is 23.1 Å². The van der Waals surface area contributed by atoms with Gasteiger partial charge in [0.15, 0.2) is 0 Å². The number of nitrogens with zero attached hydrogens (tertiary/aromatic N) is 2. The Morgan fingerprint density at radius 1 is 1.31 bits per heavy atom. The number of rotatable bonds is 6. The second-order valence-electron chi connectivity index (χ2n) is 5.44. The molecule has 8 heteroatoms. The van der Waals surface area contributed by atoms with Crippen molar-refractivity contribution in [2.24, 2.45) is 0 Å². The van der Waals surface area contributed by atoms with Gasteiger partial charge in [-0.1, -0.05) is 23.9 Å². The molecule has 1 N–H and O–H groups in total. The lowest BCUT2D eigenvalue weighted by Gasteiger charge is -2.18. The van der Waals surface area contributed by atoms with Gasteiger partial charge in [-0.15, -0.1) is 0 Å². The number of ether oxygens (including phenoxy) is 1. The number of imide groups is 1. The molecule has 1 aliphatic rings. The third kappa shape index (κ3) is 3.41. The molecule has 1 atom stereocenters. The molecule has 0 aliphatic carbocycles. The molecule has 0 saturated carbocycles. The van der Waals surface area contributed by atoms with E-state index in [9.17, 15) is 19.5 Å². The molecule has 0 radical (unpaired) electrons. The molecule has 2 amide bonds. The lowest BCUT2D eigenvalue weighted by molar-refractivity contribution is -0.121. The van der Waals surface area contributed by atoms with E-state index in [1.54, 1.807) is 24.3 Å². The zero-order valence-corrected chi connectivity index (χ0v) is 14.7. The summed E-state index contributed by atoms with van der Waals surface area (Å²) in [5.41, 5.74) is 0.401. The zero-order valence-electron chi connectivity index (χ0n) is 13.9. The Bertz CT molecular complexity index is 870. The number of aromatic carboxylic acids is 1. The summed E-state index contributed by atoms with van der Waals surface area (Å²) in [5, 5.41) is 8.73. The van der Waals surface area contributed by atoms with Crippen LogP contribution in [0.15, 0.2) is 47.6 Å². The van der Waals surface area contributed by atoms with Crippen LogP contribution in [0.5, 0.6) is 5.75 Å². The summed E-state index contributed by atoms with van der Waals surface area (Å²) >= 11 is 0.991. The number of carbonyl (C=O) groups is 3. The van der Waals surface area contributed by atoms with Gasteiger partial charge in [-0.25, -0.2) is 14.7 Å². The summed E-state index contributed by atoms with van der Waals surface area (Å²) in [6, 6.07) is 9.76. The van der Waals surface area contributed by atoms with Crippen molar-refractivity contribution in [1.82, 2.24) is 4.98 Å². The van der Waals surface area contributed by atoms with E-state index in [-0.39, 0.29) is 22.9 Å². The maximum absolute atomic E-state index is 12.8. The van der Waals surface area contributed by atoms with Gasteiger partial charge >= 0.3 is 5.97 Å². The number of carboxylic acid groups (broad SMARTS) is 1. The van der Waals surface area contributed by atoms with Crippen LogP contribution >= 0.6 is 11.8 Å². The molecule has 2 aromatic rings. The predicted octanol–water partition coefficient (Wildman–Crippen LogP) is 2.60. The van der Waals surface area contributed by atoms with Crippen LogP contribution in [0, 0.1) is 0 Å². The van der Waals surface area contributed by atoms with Gasteiger partial charge in [0.1, 0.15) is 10.8 Å². The Morgan fingerprint density at radius 3 is 2.81 bits per heavy atom. The summed E-state index contributed by atoms with van der Waals surface area (Å²) in [6.45, 7) is 2.22. The summed E-state index contributed by atoms with van der Waals surface area (Å²) in [6.07, 6.45) is 1.43. The number of anilines is 1. The number of thioether (sulfide) groups is 1. The molecule has 1 aromatic heterocycles. The number of pyridine rings is 1. The number of para-hydroxylation sites is 2. The number of amides is 2. The molecular formula is C18H16N2O5S. The molecular weight excluding hydrogens is 356 g/mol. The summed E-state index contributed by atoms with van der Waals surface area (Å²) in [7, 11) is 0. The van der Waals surface area contributed by atoms with Crippen LogP contribution in [0.3, 0.4) is 0 Å². The van der Waals surface area contributed by atoms with Crippen molar-refractivity contribution in [3.63, 3.8) is 0 Å². The number of carbonyl (C=O) groups excluding carboxylic acids is 2. The lowest BCUT2D eigenvalue weighted by Crippen LogP contribution is -2.31. The normalized spacial score (nSPS) is 16.8. The van der Waals surface area contributed by atoms with Gasteiger partial charge in [-0.05, 0) is 31.2 Å². The zero-order chi connectivity index (χ0) is 18.7. The largest absolute Gasteiger partial charge is 0.492 e. The first kappa shape index (κ1) is 17.9. The molecule has 1 unspecified atom stereocenters. The number of carboxylic acids is 1. The van der Waals surface area contributed by atoms with E-state index < -0.39 is 17.1 Å². The van der Waals surface area contributed by atoms with Crippen molar-refractivity contribution in [2.45, 2.75) is 23.6 Å². The first-order valence-electron chi connectivity index (χ1n) is 7.96. The standard InChI is InChI=1S/C18H16N2O5S/c1-2-25-13-8-4-3-7-12(13)20-15(21)10-14(17(20)22)26-16-11(18(23)24)6-5-9-19-16/h3-9,14H,2,10H2,1H3,(H,23,24). The van der Waals surface area contributed by atoms with E-state index in [0.717, 1.165) is 16.7 Å². The van der Waals surface area contributed by atoms with Crippen LogP contribution < -0.4 is 9.64 Å². The fourth-order valence-corrected chi connectivity index (χ4v) is 3.76. The van der Waals surface area contributed by atoms with Crippen LogP contribution in [0.25, 0.3) is 0 Å². The van der Waals surface area contributed by atoms with Gasteiger partial charge in [-0.3, -0.25) is 9.59 Å². The number of aromatic nitrogens is 1. The summed E-state index contributed by atoms with van der Waals surface area (Å²) in [5.74, 6) is -1.44. The Labute approximate surface area is 154 Å². The third-order valence-corrected chi connectivity index (χ3v) is 4.97. The van der Waals surface area contributed by atoms with E-state index in [4.69, 9.17) is 4.74 Å². The van der Waals surface area contributed by atoms with Crippen molar-refractivity contribution in [2.75, 3.05) is 11.5 Å². The van der Waals surface area contributed by atoms with E-state index in [1.807, 2.05) is 6.92 Å². The second-order valence-corrected chi connectivity index (χ2v) is 6.63. The molecule has 1 saturated heterocycles.